The van der Waals surface area contributed by atoms with E-state index in [4.69, 9.17) is 0 Å². The highest BCUT2D eigenvalue weighted by Gasteiger charge is 2.02. The topological polar surface area (TPSA) is 39.7 Å². The van der Waals surface area contributed by atoms with Gasteiger partial charge in [0.25, 0.3) is 0 Å². The summed E-state index contributed by atoms with van der Waals surface area (Å²) >= 11 is 0. The van der Waals surface area contributed by atoms with E-state index in [9.17, 15) is 0 Å². The number of nitrogens with zero attached hydrogens (tertiary/aromatic N) is 2. The first-order valence-corrected chi connectivity index (χ1v) is 8.48. The van der Waals surface area contributed by atoms with E-state index in [1.54, 1.807) is 0 Å². The summed E-state index contributed by atoms with van der Waals surface area (Å²) in [7, 11) is 1.81. The van der Waals surface area contributed by atoms with Crippen molar-refractivity contribution in [1.82, 2.24) is 15.5 Å². The van der Waals surface area contributed by atoms with Gasteiger partial charge in [-0.15, -0.1) is 24.0 Å². The molecule has 0 aliphatic heterocycles. The fraction of sp³-hybridized carbons (Fsp3) is 0.611. The molecule has 0 fully saturated rings. The second kappa shape index (κ2) is 13.6. The molecule has 1 rings (SSSR count). The quantitative estimate of drug-likeness (QED) is 0.271. The Morgan fingerprint density at radius 1 is 1.00 bits per heavy atom. The van der Waals surface area contributed by atoms with E-state index in [0.29, 0.717) is 0 Å². The molecule has 4 nitrogen and oxygen atoms in total. The Balaban J connectivity index is 0.00000484. The van der Waals surface area contributed by atoms with Crippen LogP contribution in [0.15, 0.2) is 29.3 Å². The van der Waals surface area contributed by atoms with Crippen LogP contribution in [0.2, 0.25) is 0 Å². The highest BCUT2D eigenvalue weighted by atomic mass is 127. The first-order chi connectivity index (χ1) is 10.7. The molecular formula is C18H33IN4. The first kappa shape index (κ1) is 22.2. The van der Waals surface area contributed by atoms with Crippen molar-refractivity contribution in [2.24, 2.45) is 4.99 Å². The van der Waals surface area contributed by atoms with Crippen molar-refractivity contribution in [3.05, 3.63) is 35.4 Å². The number of nitrogens with one attached hydrogen (secondary N) is 2. The lowest BCUT2D eigenvalue weighted by Gasteiger charge is -2.18. The molecule has 0 saturated heterocycles. The molecular weight excluding hydrogens is 399 g/mol. The van der Waals surface area contributed by atoms with Crippen LogP contribution in [0.1, 0.15) is 44.7 Å². The van der Waals surface area contributed by atoms with Gasteiger partial charge in [0, 0.05) is 26.7 Å². The maximum Gasteiger partial charge on any atom is 0.191 e. The molecule has 23 heavy (non-hydrogen) atoms. The maximum absolute atomic E-state index is 4.24. The van der Waals surface area contributed by atoms with Crippen molar-refractivity contribution in [2.45, 2.75) is 46.7 Å². The number of hydrogen-bond acceptors (Lipinski definition) is 2. The SMILES string of the molecule is CCCCNC(=NC)NCc1ccc(CN(CC)CC)cc1.I. The van der Waals surface area contributed by atoms with Crippen molar-refractivity contribution >= 4 is 29.9 Å². The Morgan fingerprint density at radius 3 is 2.13 bits per heavy atom. The molecule has 1 aromatic carbocycles. The van der Waals surface area contributed by atoms with Crippen LogP contribution in [0.5, 0.6) is 0 Å². The molecule has 2 N–H and O–H groups in total. The van der Waals surface area contributed by atoms with Gasteiger partial charge >= 0.3 is 0 Å². The van der Waals surface area contributed by atoms with E-state index < -0.39 is 0 Å². The molecule has 0 amide bonds. The summed E-state index contributed by atoms with van der Waals surface area (Å²) in [4.78, 5) is 6.67. The zero-order valence-electron chi connectivity index (χ0n) is 15.1. The lowest BCUT2D eigenvalue weighted by molar-refractivity contribution is 0.296. The van der Waals surface area contributed by atoms with E-state index in [2.05, 4.69) is 65.6 Å². The third kappa shape index (κ3) is 9.15. The average molecular weight is 432 g/mol. The standard InChI is InChI=1S/C18H32N4.HI/c1-5-8-13-20-18(19-4)21-14-16-9-11-17(12-10-16)15-22(6-2)7-3;/h9-12H,5-8,13-15H2,1-4H3,(H2,19,20,21);1H. The predicted octanol–water partition coefficient (Wildman–Crippen LogP) is 3.61. The van der Waals surface area contributed by atoms with Gasteiger partial charge in [-0.25, -0.2) is 0 Å². The summed E-state index contributed by atoms with van der Waals surface area (Å²) in [5.41, 5.74) is 2.65. The number of unbranched alkanes of at least 4 members (excludes halogenated alkanes) is 1. The Labute approximate surface area is 159 Å². The number of halogens is 1. The van der Waals surface area contributed by atoms with Crippen LogP contribution in [-0.2, 0) is 13.1 Å². The van der Waals surface area contributed by atoms with Crippen LogP contribution in [0.4, 0.5) is 0 Å². The monoisotopic (exact) mass is 432 g/mol. The molecule has 0 atom stereocenters. The molecule has 0 aromatic heterocycles. The first-order valence-electron chi connectivity index (χ1n) is 8.48. The van der Waals surface area contributed by atoms with Crippen LogP contribution in [-0.4, -0.2) is 37.5 Å². The summed E-state index contributed by atoms with van der Waals surface area (Å²) < 4.78 is 0. The second-order valence-electron chi connectivity index (χ2n) is 5.48. The molecule has 0 radical (unpaired) electrons. The zero-order chi connectivity index (χ0) is 16.2. The Morgan fingerprint density at radius 2 is 1.61 bits per heavy atom. The van der Waals surface area contributed by atoms with Gasteiger partial charge in [-0.05, 0) is 30.6 Å². The summed E-state index contributed by atoms with van der Waals surface area (Å²) in [6, 6.07) is 8.85. The maximum atomic E-state index is 4.24. The minimum Gasteiger partial charge on any atom is -0.356 e. The molecule has 0 saturated carbocycles. The fourth-order valence-corrected chi connectivity index (χ4v) is 2.26. The molecule has 0 heterocycles. The lowest BCUT2D eigenvalue weighted by Crippen LogP contribution is -2.37. The van der Waals surface area contributed by atoms with E-state index in [1.165, 1.54) is 24.0 Å². The van der Waals surface area contributed by atoms with Crippen LogP contribution < -0.4 is 10.6 Å². The van der Waals surface area contributed by atoms with E-state index in [-0.39, 0.29) is 24.0 Å². The summed E-state index contributed by atoms with van der Waals surface area (Å²) in [6.07, 6.45) is 2.36. The van der Waals surface area contributed by atoms with Crippen molar-refractivity contribution in [3.8, 4) is 0 Å². The number of rotatable bonds is 9. The third-order valence-corrected chi connectivity index (χ3v) is 3.83. The minimum absolute atomic E-state index is 0. The van der Waals surface area contributed by atoms with Gasteiger partial charge in [0.15, 0.2) is 5.96 Å². The molecule has 5 heteroatoms. The van der Waals surface area contributed by atoms with Crippen molar-refractivity contribution in [3.63, 3.8) is 0 Å². The molecule has 0 bridgehead atoms. The summed E-state index contributed by atoms with van der Waals surface area (Å²) in [6.45, 7) is 11.6. The van der Waals surface area contributed by atoms with Gasteiger partial charge in [0.2, 0.25) is 0 Å². The highest BCUT2D eigenvalue weighted by molar-refractivity contribution is 14.0. The van der Waals surface area contributed by atoms with Crippen molar-refractivity contribution < 1.29 is 0 Å². The fourth-order valence-electron chi connectivity index (χ4n) is 2.26. The molecule has 0 aliphatic rings. The number of aliphatic imine (C=N–C) groups is 1. The Bertz CT molecular complexity index is 427. The van der Waals surface area contributed by atoms with Gasteiger partial charge < -0.3 is 10.6 Å². The number of benzene rings is 1. The van der Waals surface area contributed by atoms with Gasteiger partial charge in [-0.1, -0.05) is 51.5 Å². The van der Waals surface area contributed by atoms with Crippen LogP contribution in [0.25, 0.3) is 0 Å². The zero-order valence-corrected chi connectivity index (χ0v) is 17.4. The largest absolute Gasteiger partial charge is 0.356 e. The predicted molar refractivity (Wildman–Crippen MR) is 112 cm³/mol. The molecule has 1 aromatic rings. The molecule has 132 valence electrons. The normalized spacial score (nSPS) is 11.3. The van der Waals surface area contributed by atoms with Crippen molar-refractivity contribution in [1.29, 1.82) is 0 Å². The van der Waals surface area contributed by atoms with E-state index >= 15 is 0 Å². The van der Waals surface area contributed by atoms with Gasteiger partial charge in [-0.3, -0.25) is 9.89 Å². The summed E-state index contributed by atoms with van der Waals surface area (Å²) in [5.74, 6) is 0.876. The Kier molecular flexibility index (Phi) is 13.1. The molecule has 0 unspecified atom stereocenters. The van der Waals surface area contributed by atoms with Crippen molar-refractivity contribution in [2.75, 3.05) is 26.7 Å². The van der Waals surface area contributed by atoms with Gasteiger partial charge in [-0.2, -0.15) is 0 Å². The number of hydrogen-bond donors (Lipinski definition) is 2. The van der Waals surface area contributed by atoms with E-state index in [1.807, 2.05) is 7.05 Å². The van der Waals surface area contributed by atoms with Gasteiger partial charge in [0.1, 0.15) is 0 Å². The second-order valence-corrected chi connectivity index (χ2v) is 5.48. The minimum atomic E-state index is 0. The third-order valence-electron chi connectivity index (χ3n) is 3.83. The average Bonchev–Trinajstić information content (AvgIpc) is 2.57. The Hall–Kier alpha value is -0.820. The molecule has 0 aliphatic carbocycles. The number of guanidine groups is 1. The van der Waals surface area contributed by atoms with Gasteiger partial charge in [0.05, 0.1) is 0 Å². The van der Waals surface area contributed by atoms with E-state index in [0.717, 1.165) is 38.7 Å². The lowest BCUT2D eigenvalue weighted by atomic mass is 10.1. The summed E-state index contributed by atoms with van der Waals surface area (Å²) in [5, 5.41) is 6.68. The van der Waals surface area contributed by atoms with Crippen LogP contribution >= 0.6 is 24.0 Å². The highest BCUT2D eigenvalue weighted by Crippen LogP contribution is 2.07. The van der Waals surface area contributed by atoms with Crippen LogP contribution in [0.3, 0.4) is 0 Å². The smallest absolute Gasteiger partial charge is 0.191 e. The van der Waals surface area contributed by atoms with Crippen LogP contribution in [0, 0.1) is 0 Å². The molecule has 0 spiro atoms.